The van der Waals surface area contributed by atoms with Crippen molar-refractivity contribution in [2.75, 3.05) is 20.3 Å². The van der Waals surface area contributed by atoms with Gasteiger partial charge in [0.05, 0.1) is 24.9 Å². The molecule has 2 heterocycles. The molecule has 1 aromatic carbocycles. The molecule has 2 aromatic rings. The van der Waals surface area contributed by atoms with Crippen molar-refractivity contribution in [1.82, 2.24) is 4.98 Å². The first-order chi connectivity index (χ1) is 17.0. The Morgan fingerprint density at radius 1 is 1.06 bits per heavy atom. The Kier molecular flexibility index (Phi) is 6.58. The first-order valence-corrected chi connectivity index (χ1v) is 12.8. The van der Waals surface area contributed by atoms with E-state index in [0.29, 0.717) is 49.2 Å². The zero-order valence-electron chi connectivity index (χ0n) is 21.0. The number of nitrogens with zero attached hydrogens (tertiary/aromatic N) is 1. The molecule has 0 bridgehead atoms. The van der Waals surface area contributed by atoms with Crippen LogP contribution in [-0.2, 0) is 17.3 Å². The van der Waals surface area contributed by atoms with Crippen LogP contribution in [0.15, 0.2) is 18.2 Å². The van der Waals surface area contributed by atoms with E-state index in [0.717, 1.165) is 42.3 Å². The van der Waals surface area contributed by atoms with Crippen LogP contribution in [0.1, 0.15) is 109 Å². The second kappa shape index (κ2) is 9.30. The van der Waals surface area contributed by atoms with Crippen molar-refractivity contribution in [3.8, 4) is 5.75 Å². The number of pyridine rings is 1. The molecule has 1 fully saturated rings. The number of ether oxygens (including phenoxy) is 2. The van der Waals surface area contributed by atoms with Gasteiger partial charge in [-0.2, -0.15) is 13.2 Å². The predicted octanol–water partition coefficient (Wildman–Crippen LogP) is 5.97. The Bertz CT molecular complexity index is 1140. The van der Waals surface area contributed by atoms with Crippen molar-refractivity contribution in [2.24, 2.45) is 5.41 Å². The summed E-state index contributed by atoms with van der Waals surface area (Å²) in [5, 5.41) is 22.8. The molecular weight excluding hydrogens is 471 g/mol. The van der Waals surface area contributed by atoms with Gasteiger partial charge in [0, 0.05) is 42.5 Å². The SMILES string of the molecule is COc1cc(C2CCOCCC(O)c3c4c(nc(C(C)C)c32)CC2(CC2)CC4O)ccc1C(F)(F)F. The minimum absolute atomic E-state index is 0.0194. The van der Waals surface area contributed by atoms with E-state index in [1.54, 1.807) is 0 Å². The Morgan fingerprint density at radius 2 is 1.78 bits per heavy atom. The van der Waals surface area contributed by atoms with Gasteiger partial charge in [-0.05, 0) is 72.3 Å². The fraction of sp³-hybridized carbons (Fsp3) is 0.607. The predicted molar refractivity (Wildman–Crippen MR) is 128 cm³/mol. The zero-order valence-corrected chi connectivity index (χ0v) is 21.0. The number of aliphatic hydroxyl groups is 2. The van der Waals surface area contributed by atoms with E-state index in [1.165, 1.54) is 19.2 Å². The molecule has 3 unspecified atom stereocenters. The van der Waals surface area contributed by atoms with Crippen LogP contribution in [0.25, 0.3) is 0 Å². The molecule has 2 N–H and O–H groups in total. The molecule has 1 saturated carbocycles. The summed E-state index contributed by atoms with van der Waals surface area (Å²) >= 11 is 0. The molecule has 0 radical (unpaired) electrons. The van der Waals surface area contributed by atoms with Crippen LogP contribution in [0.4, 0.5) is 13.2 Å². The molecule has 1 aliphatic heterocycles. The maximum absolute atomic E-state index is 13.6. The van der Waals surface area contributed by atoms with Gasteiger partial charge in [0.25, 0.3) is 0 Å². The van der Waals surface area contributed by atoms with Gasteiger partial charge >= 0.3 is 6.18 Å². The summed E-state index contributed by atoms with van der Waals surface area (Å²) in [7, 11) is 1.24. The highest BCUT2D eigenvalue weighted by Crippen LogP contribution is 2.59. The monoisotopic (exact) mass is 505 g/mol. The highest BCUT2D eigenvalue weighted by atomic mass is 19.4. The highest BCUT2D eigenvalue weighted by molar-refractivity contribution is 5.52. The largest absolute Gasteiger partial charge is 0.496 e. The minimum atomic E-state index is -4.54. The average molecular weight is 506 g/mol. The fourth-order valence-electron chi connectivity index (χ4n) is 6.15. The van der Waals surface area contributed by atoms with Crippen molar-refractivity contribution in [1.29, 1.82) is 0 Å². The van der Waals surface area contributed by atoms with Crippen LogP contribution >= 0.6 is 0 Å². The number of alkyl halides is 3. The Hall–Kier alpha value is -2.16. The van der Waals surface area contributed by atoms with Crippen molar-refractivity contribution in [3.05, 3.63) is 57.4 Å². The van der Waals surface area contributed by atoms with Crippen LogP contribution in [0.5, 0.6) is 5.75 Å². The van der Waals surface area contributed by atoms with Gasteiger partial charge in [-0.3, -0.25) is 4.98 Å². The third-order valence-electron chi connectivity index (χ3n) is 8.13. The van der Waals surface area contributed by atoms with Crippen LogP contribution in [0.2, 0.25) is 0 Å². The number of methoxy groups -OCH3 is 1. The second-order valence-corrected chi connectivity index (χ2v) is 11.0. The number of halogens is 3. The lowest BCUT2D eigenvalue weighted by molar-refractivity contribution is -0.138. The van der Waals surface area contributed by atoms with Gasteiger partial charge in [-0.15, -0.1) is 0 Å². The molecule has 5 rings (SSSR count). The van der Waals surface area contributed by atoms with Crippen molar-refractivity contribution in [2.45, 2.75) is 82.6 Å². The summed E-state index contributed by atoms with van der Waals surface area (Å²) in [4.78, 5) is 5.10. The fourth-order valence-corrected chi connectivity index (χ4v) is 6.15. The number of aromatic nitrogens is 1. The normalized spacial score (nSPS) is 25.5. The summed E-state index contributed by atoms with van der Waals surface area (Å²) in [6.07, 6.45) is -1.66. The van der Waals surface area contributed by atoms with Gasteiger partial charge in [0.1, 0.15) is 5.75 Å². The molecule has 36 heavy (non-hydrogen) atoms. The Labute approximate surface area is 209 Å². The summed E-state index contributed by atoms with van der Waals surface area (Å²) < 4.78 is 51.7. The van der Waals surface area contributed by atoms with Gasteiger partial charge in [-0.1, -0.05) is 19.9 Å². The molecular formula is C28H34F3NO4. The van der Waals surface area contributed by atoms with Gasteiger partial charge < -0.3 is 19.7 Å². The molecule has 8 heteroatoms. The van der Waals surface area contributed by atoms with Gasteiger partial charge in [0.2, 0.25) is 0 Å². The van der Waals surface area contributed by atoms with E-state index in [4.69, 9.17) is 14.5 Å². The maximum Gasteiger partial charge on any atom is 0.419 e. The van der Waals surface area contributed by atoms with E-state index < -0.39 is 23.9 Å². The van der Waals surface area contributed by atoms with E-state index in [1.807, 2.05) is 13.8 Å². The second-order valence-electron chi connectivity index (χ2n) is 11.0. The molecule has 3 atom stereocenters. The third kappa shape index (κ3) is 4.52. The maximum atomic E-state index is 13.6. The number of hydrogen-bond donors (Lipinski definition) is 2. The lowest BCUT2D eigenvalue weighted by Crippen LogP contribution is -2.27. The van der Waals surface area contributed by atoms with Gasteiger partial charge in [0.15, 0.2) is 0 Å². The van der Waals surface area contributed by atoms with Crippen LogP contribution in [0.3, 0.4) is 0 Å². The summed E-state index contributed by atoms with van der Waals surface area (Å²) in [6, 6.07) is 3.99. The first kappa shape index (κ1) is 25.5. The standard InChI is InChI=1S/C28H34F3NO4/c1-15(2)26-23-17(16-4-5-18(28(29,30)31)22(12-16)35-3)6-10-36-11-7-20(33)25(23)24-19(32-26)13-27(8-9-27)14-21(24)34/h4-5,12,15,17,20-21,33-34H,6-11,13-14H2,1-3H3. The summed E-state index contributed by atoms with van der Waals surface area (Å²) in [5.74, 6) is -0.593. The van der Waals surface area contributed by atoms with Crippen LogP contribution in [-0.4, -0.2) is 35.5 Å². The average Bonchev–Trinajstić information content (AvgIpc) is 3.55. The lowest BCUT2D eigenvalue weighted by Gasteiger charge is -2.35. The number of rotatable bonds is 3. The molecule has 2 aliphatic carbocycles. The van der Waals surface area contributed by atoms with E-state index in [2.05, 4.69) is 0 Å². The zero-order chi connectivity index (χ0) is 25.8. The van der Waals surface area contributed by atoms with E-state index in [9.17, 15) is 23.4 Å². The number of fused-ring (bicyclic) bond motifs is 3. The van der Waals surface area contributed by atoms with Crippen molar-refractivity contribution >= 4 is 0 Å². The number of benzene rings is 1. The molecule has 1 spiro atoms. The molecule has 196 valence electrons. The van der Waals surface area contributed by atoms with Crippen molar-refractivity contribution in [3.63, 3.8) is 0 Å². The smallest absolute Gasteiger partial charge is 0.419 e. The van der Waals surface area contributed by atoms with E-state index >= 15 is 0 Å². The van der Waals surface area contributed by atoms with Crippen LogP contribution in [0, 0.1) is 5.41 Å². The molecule has 1 aromatic heterocycles. The minimum Gasteiger partial charge on any atom is -0.496 e. The van der Waals surface area contributed by atoms with Gasteiger partial charge in [-0.25, -0.2) is 0 Å². The van der Waals surface area contributed by atoms with E-state index in [-0.39, 0.29) is 23.0 Å². The summed E-state index contributed by atoms with van der Waals surface area (Å²) in [6.45, 7) is 4.83. The van der Waals surface area contributed by atoms with Crippen LogP contribution < -0.4 is 4.74 Å². The lowest BCUT2D eigenvalue weighted by atomic mass is 9.73. The molecule has 5 nitrogen and oxygen atoms in total. The first-order valence-electron chi connectivity index (χ1n) is 12.8. The number of aliphatic hydroxyl groups excluding tert-OH is 2. The highest BCUT2D eigenvalue weighted by Gasteiger charge is 2.50. The quantitative estimate of drug-likeness (QED) is 0.538. The summed E-state index contributed by atoms with van der Waals surface area (Å²) in [5.41, 5.74) is 3.84. The topological polar surface area (TPSA) is 71.8 Å². The Balaban J connectivity index is 1.75. The molecule has 0 amide bonds. The number of hydrogen-bond acceptors (Lipinski definition) is 5. The van der Waals surface area contributed by atoms with Crippen molar-refractivity contribution < 1.29 is 32.9 Å². The Morgan fingerprint density at radius 3 is 2.42 bits per heavy atom. The molecule has 0 saturated heterocycles. The third-order valence-corrected chi connectivity index (χ3v) is 8.13. The molecule has 3 aliphatic rings.